The number of carbonyl (C=O) groups is 1. The van der Waals surface area contributed by atoms with E-state index in [4.69, 9.17) is 4.74 Å². The molecule has 5 nitrogen and oxygen atoms in total. The Balaban J connectivity index is 1.99. The molecular weight excluding hydrogens is 280 g/mol. The number of piperidine rings is 1. The van der Waals surface area contributed by atoms with Crippen LogP contribution in [-0.2, 0) is 11.2 Å². The molecule has 1 saturated heterocycles. The van der Waals surface area contributed by atoms with E-state index in [0.717, 1.165) is 31.5 Å². The van der Waals surface area contributed by atoms with Crippen LogP contribution in [0.4, 0.5) is 10.5 Å². The highest BCUT2D eigenvalue weighted by atomic mass is 16.6. The maximum atomic E-state index is 11.8. The van der Waals surface area contributed by atoms with Gasteiger partial charge in [0.25, 0.3) is 0 Å². The zero-order chi connectivity index (χ0) is 16.2. The fraction of sp³-hybridized carbons (Fsp3) is 0.588. The van der Waals surface area contributed by atoms with Gasteiger partial charge in [-0.15, -0.1) is 0 Å². The van der Waals surface area contributed by atoms with E-state index in [9.17, 15) is 9.90 Å². The number of carbonyl (C=O) groups excluding carboxylic acids is 1. The molecular formula is C17H26N2O3. The first-order valence-electron chi connectivity index (χ1n) is 7.78. The van der Waals surface area contributed by atoms with Crippen LogP contribution >= 0.6 is 0 Å². The van der Waals surface area contributed by atoms with E-state index >= 15 is 0 Å². The normalized spacial score (nSPS) is 17.8. The largest absolute Gasteiger partial charge is 0.444 e. The maximum absolute atomic E-state index is 11.8. The second-order valence-electron chi connectivity index (χ2n) is 6.98. The van der Waals surface area contributed by atoms with Gasteiger partial charge in [0, 0.05) is 12.1 Å². The van der Waals surface area contributed by atoms with Crippen LogP contribution < -0.4 is 10.6 Å². The van der Waals surface area contributed by atoms with Gasteiger partial charge in [0.05, 0.1) is 5.60 Å². The molecule has 0 spiro atoms. The summed E-state index contributed by atoms with van der Waals surface area (Å²) in [6, 6.07) is 7.57. The van der Waals surface area contributed by atoms with Gasteiger partial charge in [0.2, 0.25) is 0 Å². The van der Waals surface area contributed by atoms with Gasteiger partial charge in [-0.3, -0.25) is 5.32 Å². The quantitative estimate of drug-likeness (QED) is 0.803. The third kappa shape index (κ3) is 5.31. The van der Waals surface area contributed by atoms with Gasteiger partial charge < -0.3 is 15.2 Å². The predicted octanol–water partition coefficient (Wildman–Crippen LogP) is 2.69. The Labute approximate surface area is 132 Å². The lowest BCUT2D eigenvalue weighted by Crippen LogP contribution is -2.43. The third-order valence-corrected chi connectivity index (χ3v) is 3.64. The van der Waals surface area contributed by atoms with Crippen molar-refractivity contribution < 1.29 is 14.6 Å². The zero-order valence-electron chi connectivity index (χ0n) is 13.6. The fourth-order valence-electron chi connectivity index (χ4n) is 2.63. The Morgan fingerprint density at radius 1 is 1.36 bits per heavy atom. The number of rotatable bonds is 3. The summed E-state index contributed by atoms with van der Waals surface area (Å²) in [5, 5.41) is 16.6. The highest BCUT2D eigenvalue weighted by Crippen LogP contribution is 2.24. The van der Waals surface area contributed by atoms with Crippen LogP contribution in [0.25, 0.3) is 0 Å². The van der Waals surface area contributed by atoms with Crippen LogP contribution in [-0.4, -0.2) is 35.5 Å². The predicted molar refractivity (Wildman–Crippen MR) is 87.1 cm³/mol. The molecule has 122 valence electrons. The van der Waals surface area contributed by atoms with Crippen LogP contribution in [0.1, 0.15) is 39.2 Å². The summed E-state index contributed by atoms with van der Waals surface area (Å²) in [6.07, 6.45) is 1.62. The second-order valence-corrected chi connectivity index (χ2v) is 6.98. The summed E-state index contributed by atoms with van der Waals surface area (Å²) in [5.74, 6) is 0. The van der Waals surface area contributed by atoms with Gasteiger partial charge in [-0.2, -0.15) is 0 Å². The summed E-state index contributed by atoms with van der Waals surface area (Å²) in [5.41, 5.74) is 0.518. The number of nitrogens with one attached hydrogen (secondary N) is 2. The average Bonchev–Trinajstić information content (AvgIpc) is 2.36. The van der Waals surface area contributed by atoms with Crippen LogP contribution in [0.15, 0.2) is 24.3 Å². The number of hydrogen-bond acceptors (Lipinski definition) is 4. The summed E-state index contributed by atoms with van der Waals surface area (Å²) in [7, 11) is 0. The van der Waals surface area contributed by atoms with Crippen LogP contribution in [0.5, 0.6) is 0 Å². The van der Waals surface area contributed by atoms with Crippen molar-refractivity contribution >= 4 is 11.8 Å². The molecule has 1 heterocycles. The van der Waals surface area contributed by atoms with E-state index < -0.39 is 17.3 Å². The summed E-state index contributed by atoms with van der Waals surface area (Å²) in [6.45, 7) is 7.17. The minimum Gasteiger partial charge on any atom is -0.444 e. The molecule has 2 rings (SSSR count). The van der Waals surface area contributed by atoms with Crippen molar-refractivity contribution in [1.29, 1.82) is 0 Å². The standard InChI is InChI=1S/C17H26N2O3/c1-16(2,3)22-15(20)19-14-6-4-5-13(11-14)12-17(21)7-9-18-10-8-17/h4-6,11,18,21H,7-10,12H2,1-3H3,(H,19,20). The molecule has 0 radical (unpaired) electrons. The number of ether oxygens (including phenoxy) is 1. The number of amides is 1. The van der Waals surface area contributed by atoms with Gasteiger partial charge in [0.15, 0.2) is 0 Å². The molecule has 1 aliphatic rings. The highest BCUT2D eigenvalue weighted by Gasteiger charge is 2.29. The lowest BCUT2D eigenvalue weighted by Gasteiger charge is -2.32. The number of aliphatic hydroxyl groups is 1. The first-order chi connectivity index (χ1) is 10.3. The first kappa shape index (κ1) is 16.8. The number of hydrogen-bond donors (Lipinski definition) is 3. The molecule has 22 heavy (non-hydrogen) atoms. The smallest absolute Gasteiger partial charge is 0.412 e. The molecule has 0 aliphatic carbocycles. The highest BCUT2D eigenvalue weighted by molar-refractivity contribution is 5.84. The second kappa shape index (κ2) is 6.67. The van der Waals surface area contributed by atoms with Crippen LogP contribution in [0.3, 0.4) is 0 Å². The van der Waals surface area contributed by atoms with E-state index in [1.165, 1.54) is 0 Å². The topological polar surface area (TPSA) is 70.6 Å². The van der Waals surface area contributed by atoms with Gasteiger partial charge >= 0.3 is 6.09 Å². The lowest BCUT2D eigenvalue weighted by atomic mass is 9.86. The van der Waals surface area contributed by atoms with Crippen molar-refractivity contribution in [3.8, 4) is 0 Å². The van der Waals surface area contributed by atoms with Crippen molar-refractivity contribution in [2.45, 2.75) is 51.2 Å². The molecule has 1 fully saturated rings. The molecule has 3 N–H and O–H groups in total. The van der Waals surface area contributed by atoms with Gasteiger partial charge in [0.1, 0.15) is 5.60 Å². The monoisotopic (exact) mass is 306 g/mol. The molecule has 0 saturated carbocycles. The van der Waals surface area contributed by atoms with E-state index in [1.807, 2.05) is 45.0 Å². The molecule has 0 atom stereocenters. The number of anilines is 1. The Hall–Kier alpha value is -1.59. The lowest BCUT2D eigenvalue weighted by molar-refractivity contribution is 0.0109. The summed E-state index contributed by atoms with van der Waals surface area (Å²) in [4.78, 5) is 11.8. The summed E-state index contributed by atoms with van der Waals surface area (Å²) < 4.78 is 5.24. The third-order valence-electron chi connectivity index (χ3n) is 3.64. The Morgan fingerprint density at radius 2 is 2.05 bits per heavy atom. The SMILES string of the molecule is CC(C)(C)OC(=O)Nc1cccc(CC2(O)CCNCC2)c1. The molecule has 5 heteroatoms. The van der Waals surface area contributed by atoms with Gasteiger partial charge in [-0.1, -0.05) is 12.1 Å². The van der Waals surface area contributed by atoms with Crippen molar-refractivity contribution in [3.63, 3.8) is 0 Å². The Bertz CT molecular complexity index is 517. The minimum absolute atomic E-state index is 0.467. The molecule has 1 aliphatic heterocycles. The van der Waals surface area contributed by atoms with E-state index in [0.29, 0.717) is 12.1 Å². The molecule has 0 aromatic heterocycles. The molecule has 1 amide bonds. The maximum Gasteiger partial charge on any atom is 0.412 e. The molecule has 0 unspecified atom stereocenters. The van der Waals surface area contributed by atoms with Crippen molar-refractivity contribution in [2.75, 3.05) is 18.4 Å². The zero-order valence-corrected chi connectivity index (χ0v) is 13.6. The van der Waals surface area contributed by atoms with Gasteiger partial charge in [-0.25, -0.2) is 4.79 Å². The minimum atomic E-state index is -0.657. The Morgan fingerprint density at radius 3 is 2.68 bits per heavy atom. The van der Waals surface area contributed by atoms with Crippen LogP contribution in [0.2, 0.25) is 0 Å². The van der Waals surface area contributed by atoms with Crippen LogP contribution in [0, 0.1) is 0 Å². The molecule has 0 bridgehead atoms. The van der Waals surface area contributed by atoms with E-state index in [2.05, 4.69) is 10.6 Å². The van der Waals surface area contributed by atoms with Crippen molar-refractivity contribution in [3.05, 3.63) is 29.8 Å². The van der Waals surface area contributed by atoms with Crippen molar-refractivity contribution in [2.24, 2.45) is 0 Å². The molecule has 1 aromatic carbocycles. The average molecular weight is 306 g/mol. The van der Waals surface area contributed by atoms with E-state index in [1.54, 1.807) is 0 Å². The van der Waals surface area contributed by atoms with E-state index in [-0.39, 0.29) is 0 Å². The Kier molecular flexibility index (Phi) is 5.08. The van der Waals surface area contributed by atoms with Crippen molar-refractivity contribution in [1.82, 2.24) is 5.32 Å². The molecule has 1 aromatic rings. The first-order valence-corrected chi connectivity index (χ1v) is 7.78. The fourth-order valence-corrected chi connectivity index (χ4v) is 2.63. The summed E-state index contributed by atoms with van der Waals surface area (Å²) >= 11 is 0. The van der Waals surface area contributed by atoms with Gasteiger partial charge in [-0.05, 0) is 64.4 Å². The number of benzene rings is 1.